The maximum Gasteiger partial charge on any atom is 0.258 e. The van der Waals surface area contributed by atoms with E-state index in [0.717, 1.165) is 16.7 Å². The minimum absolute atomic E-state index is 0.321. The quantitative estimate of drug-likeness (QED) is 0.789. The van der Waals surface area contributed by atoms with Crippen LogP contribution in [0.25, 0.3) is 11.0 Å². The number of halogens is 1. The Bertz CT molecular complexity index is 842. The summed E-state index contributed by atoms with van der Waals surface area (Å²) >= 11 is 5.98. The molecule has 0 aromatic carbocycles. The van der Waals surface area contributed by atoms with E-state index >= 15 is 0 Å². The molecule has 3 heterocycles. The number of hydrogen-bond donors (Lipinski definition) is 1. The van der Waals surface area contributed by atoms with Crippen LogP contribution in [0.5, 0.6) is 0 Å². The van der Waals surface area contributed by atoms with Gasteiger partial charge in [-0.05, 0) is 19.1 Å². The second-order valence-corrected chi connectivity index (χ2v) is 5.02. The summed E-state index contributed by atoms with van der Waals surface area (Å²) in [5.41, 5.74) is 2.53. The molecule has 0 aliphatic rings. The topological polar surface area (TPSA) is 72.7 Å². The maximum absolute atomic E-state index is 12.2. The molecular formula is C14H12ClN5O. The Morgan fingerprint density at radius 2 is 2.19 bits per heavy atom. The van der Waals surface area contributed by atoms with Crippen molar-refractivity contribution in [3.8, 4) is 0 Å². The number of fused-ring (bicyclic) bond motifs is 1. The lowest BCUT2D eigenvalue weighted by Gasteiger charge is -2.06. The molecule has 0 saturated carbocycles. The van der Waals surface area contributed by atoms with Gasteiger partial charge in [-0.1, -0.05) is 11.6 Å². The molecule has 0 fully saturated rings. The molecule has 0 saturated heterocycles. The van der Waals surface area contributed by atoms with E-state index in [1.54, 1.807) is 16.9 Å². The van der Waals surface area contributed by atoms with Crippen LogP contribution in [-0.2, 0) is 7.05 Å². The third-order valence-electron chi connectivity index (χ3n) is 3.13. The average molecular weight is 302 g/mol. The number of carbonyl (C=O) groups excluding carboxylic acids is 1. The number of hydrogen-bond acceptors (Lipinski definition) is 4. The van der Waals surface area contributed by atoms with E-state index in [1.165, 1.54) is 12.4 Å². The third-order valence-corrected chi connectivity index (χ3v) is 3.46. The van der Waals surface area contributed by atoms with Crippen LogP contribution in [0, 0.1) is 6.92 Å². The Labute approximate surface area is 125 Å². The summed E-state index contributed by atoms with van der Waals surface area (Å²) in [6, 6.07) is 3.41. The normalized spacial score (nSPS) is 10.8. The standard InChI is InChI=1S/C14H12ClN5O/c1-8-10-5-9(6-17-13(10)20(2)19-8)18-14(21)11-7-16-4-3-12(11)15/h3-7H,1-2H3,(H,18,21). The molecule has 0 aliphatic carbocycles. The van der Waals surface area contributed by atoms with Crippen molar-refractivity contribution >= 4 is 34.2 Å². The Hall–Kier alpha value is -2.47. The van der Waals surface area contributed by atoms with Crippen molar-refractivity contribution in [2.75, 3.05) is 5.32 Å². The van der Waals surface area contributed by atoms with Crippen molar-refractivity contribution in [2.45, 2.75) is 6.92 Å². The van der Waals surface area contributed by atoms with Gasteiger partial charge >= 0.3 is 0 Å². The predicted molar refractivity (Wildman–Crippen MR) is 80.4 cm³/mol. The van der Waals surface area contributed by atoms with Crippen molar-refractivity contribution in [3.05, 3.63) is 47.0 Å². The van der Waals surface area contributed by atoms with Crippen molar-refractivity contribution in [1.82, 2.24) is 19.7 Å². The van der Waals surface area contributed by atoms with Gasteiger partial charge in [0.2, 0.25) is 0 Å². The van der Waals surface area contributed by atoms with E-state index in [0.29, 0.717) is 16.3 Å². The molecule has 3 aromatic heterocycles. The lowest BCUT2D eigenvalue weighted by Crippen LogP contribution is -2.13. The van der Waals surface area contributed by atoms with Crippen LogP contribution in [0.3, 0.4) is 0 Å². The molecule has 0 unspecified atom stereocenters. The summed E-state index contributed by atoms with van der Waals surface area (Å²) in [7, 11) is 1.83. The zero-order chi connectivity index (χ0) is 15.0. The van der Waals surface area contributed by atoms with Crippen LogP contribution in [0.1, 0.15) is 16.1 Å². The lowest BCUT2D eigenvalue weighted by molar-refractivity contribution is 0.102. The molecule has 1 amide bonds. The van der Waals surface area contributed by atoms with Gasteiger partial charge in [-0.15, -0.1) is 0 Å². The van der Waals surface area contributed by atoms with Gasteiger partial charge in [-0.25, -0.2) is 4.98 Å². The second-order valence-electron chi connectivity index (χ2n) is 4.61. The molecule has 21 heavy (non-hydrogen) atoms. The smallest absolute Gasteiger partial charge is 0.258 e. The lowest BCUT2D eigenvalue weighted by atomic mass is 10.2. The second kappa shape index (κ2) is 5.14. The summed E-state index contributed by atoms with van der Waals surface area (Å²) in [4.78, 5) is 20.4. The fourth-order valence-corrected chi connectivity index (χ4v) is 2.31. The zero-order valence-corrected chi connectivity index (χ0v) is 12.2. The van der Waals surface area contributed by atoms with Crippen LogP contribution in [0.2, 0.25) is 5.02 Å². The Morgan fingerprint density at radius 3 is 2.95 bits per heavy atom. The first-order valence-electron chi connectivity index (χ1n) is 6.26. The highest BCUT2D eigenvalue weighted by molar-refractivity contribution is 6.34. The first kappa shape index (κ1) is 13.5. The van der Waals surface area contributed by atoms with Crippen LogP contribution in [0.15, 0.2) is 30.7 Å². The summed E-state index contributed by atoms with van der Waals surface area (Å²) in [5, 5.41) is 8.31. The zero-order valence-electron chi connectivity index (χ0n) is 11.5. The average Bonchev–Trinajstić information content (AvgIpc) is 2.74. The molecule has 0 radical (unpaired) electrons. The molecule has 1 N–H and O–H groups in total. The van der Waals surface area contributed by atoms with Crippen LogP contribution in [0.4, 0.5) is 5.69 Å². The SMILES string of the molecule is Cc1nn(C)c2ncc(NC(=O)c3cnccc3Cl)cc12. The van der Waals surface area contributed by atoms with Gasteiger partial charge in [-0.2, -0.15) is 5.10 Å². The molecule has 0 spiro atoms. The van der Waals surface area contributed by atoms with Crippen LogP contribution in [-0.4, -0.2) is 25.7 Å². The minimum Gasteiger partial charge on any atom is -0.320 e. The first-order valence-corrected chi connectivity index (χ1v) is 6.64. The third kappa shape index (κ3) is 2.45. The van der Waals surface area contributed by atoms with Crippen LogP contribution < -0.4 is 5.32 Å². The Morgan fingerprint density at radius 1 is 1.38 bits per heavy atom. The summed E-state index contributed by atoms with van der Waals surface area (Å²) < 4.78 is 1.70. The number of nitrogens with zero attached hydrogens (tertiary/aromatic N) is 4. The molecule has 0 bridgehead atoms. The summed E-state index contributed by atoms with van der Waals surface area (Å²) in [6.07, 6.45) is 4.55. The number of anilines is 1. The highest BCUT2D eigenvalue weighted by Gasteiger charge is 2.12. The molecule has 6 nitrogen and oxygen atoms in total. The van der Waals surface area contributed by atoms with E-state index in [9.17, 15) is 4.79 Å². The highest BCUT2D eigenvalue weighted by Crippen LogP contribution is 2.21. The first-order chi connectivity index (χ1) is 10.1. The number of amides is 1. The van der Waals surface area contributed by atoms with E-state index in [1.807, 2.05) is 20.0 Å². The number of nitrogens with one attached hydrogen (secondary N) is 1. The largest absolute Gasteiger partial charge is 0.320 e. The van der Waals surface area contributed by atoms with E-state index in [2.05, 4.69) is 20.4 Å². The predicted octanol–water partition coefficient (Wildman–Crippen LogP) is 2.58. The van der Waals surface area contributed by atoms with Gasteiger partial charge in [0.05, 0.1) is 28.2 Å². The molecule has 0 atom stereocenters. The van der Waals surface area contributed by atoms with Crippen molar-refractivity contribution < 1.29 is 4.79 Å². The fourth-order valence-electron chi connectivity index (χ4n) is 2.12. The monoisotopic (exact) mass is 301 g/mol. The summed E-state index contributed by atoms with van der Waals surface area (Å²) in [5.74, 6) is -0.323. The van der Waals surface area contributed by atoms with Crippen molar-refractivity contribution in [3.63, 3.8) is 0 Å². The number of pyridine rings is 2. The highest BCUT2D eigenvalue weighted by atomic mass is 35.5. The van der Waals surface area contributed by atoms with Gasteiger partial charge in [0.25, 0.3) is 5.91 Å². The van der Waals surface area contributed by atoms with Gasteiger partial charge < -0.3 is 5.32 Å². The van der Waals surface area contributed by atoms with E-state index in [-0.39, 0.29) is 5.91 Å². The molecule has 106 valence electrons. The van der Waals surface area contributed by atoms with Gasteiger partial charge in [0, 0.05) is 24.8 Å². The molecule has 3 aromatic rings. The van der Waals surface area contributed by atoms with Crippen molar-refractivity contribution in [1.29, 1.82) is 0 Å². The number of rotatable bonds is 2. The Balaban J connectivity index is 1.93. The van der Waals surface area contributed by atoms with E-state index in [4.69, 9.17) is 11.6 Å². The van der Waals surface area contributed by atoms with Gasteiger partial charge in [0.15, 0.2) is 5.65 Å². The van der Waals surface area contributed by atoms with E-state index < -0.39 is 0 Å². The molecule has 7 heteroatoms. The fraction of sp³-hybridized carbons (Fsp3) is 0.143. The van der Waals surface area contributed by atoms with Gasteiger partial charge in [0.1, 0.15) is 0 Å². The molecule has 0 aliphatic heterocycles. The number of carbonyl (C=O) groups is 1. The Kier molecular flexibility index (Phi) is 3.31. The van der Waals surface area contributed by atoms with Crippen LogP contribution >= 0.6 is 11.6 Å². The minimum atomic E-state index is -0.323. The molecular weight excluding hydrogens is 290 g/mol. The number of aryl methyl sites for hydroxylation is 2. The number of aromatic nitrogens is 4. The van der Waals surface area contributed by atoms with Crippen molar-refractivity contribution in [2.24, 2.45) is 7.05 Å². The summed E-state index contributed by atoms with van der Waals surface area (Å²) in [6.45, 7) is 1.90. The maximum atomic E-state index is 12.2. The molecule has 3 rings (SSSR count). The van der Waals surface area contributed by atoms with Gasteiger partial charge in [-0.3, -0.25) is 14.5 Å².